The molecule has 78 valence electrons. The fourth-order valence-electron chi connectivity index (χ4n) is 1.04. The monoisotopic (exact) mass is 206 g/mol. The van der Waals surface area contributed by atoms with Crippen molar-refractivity contribution in [3.8, 4) is 12.3 Å². The van der Waals surface area contributed by atoms with Crippen LogP contribution < -0.4 is 10.6 Å². The van der Waals surface area contributed by atoms with Gasteiger partial charge in [-0.05, 0) is 6.07 Å². The minimum atomic E-state index is -0.576. The van der Waals surface area contributed by atoms with Gasteiger partial charge in [-0.2, -0.15) is 0 Å². The number of rotatable bonds is 3. The second-order valence-corrected chi connectivity index (χ2v) is 2.89. The van der Waals surface area contributed by atoms with Crippen LogP contribution in [0.5, 0.6) is 0 Å². The van der Waals surface area contributed by atoms with Crippen molar-refractivity contribution in [2.24, 2.45) is 0 Å². The van der Waals surface area contributed by atoms with Crippen molar-refractivity contribution in [1.29, 1.82) is 0 Å². The molecular weight excluding hydrogens is 196 g/mol. The van der Waals surface area contributed by atoms with E-state index >= 15 is 0 Å². The summed E-state index contributed by atoms with van der Waals surface area (Å²) < 4.78 is 0. The molecule has 0 saturated heterocycles. The number of nitrogen functional groups attached to an aromatic ring is 1. The van der Waals surface area contributed by atoms with Gasteiger partial charge in [-0.25, -0.2) is 4.98 Å². The third-order valence-corrected chi connectivity index (χ3v) is 1.80. The van der Waals surface area contributed by atoms with Gasteiger partial charge in [0.1, 0.15) is 5.82 Å². The fraction of sp³-hybridized carbons (Fsp3) is 0.222. The van der Waals surface area contributed by atoms with Gasteiger partial charge in [0.15, 0.2) is 0 Å². The Kier molecular flexibility index (Phi) is 3.08. The number of hydrogen-bond acceptors (Lipinski definition) is 5. The Hall–Kier alpha value is -2.29. The fourth-order valence-corrected chi connectivity index (χ4v) is 1.04. The highest BCUT2D eigenvalue weighted by Crippen LogP contribution is 2.21. The second kappa shape index (κ2) is 4.28. The summed E-state index contributed by atoms with van der Waals surface area (Å²) >= 11 is 0. The van der Waals surface area contributed by atoms with E-state index in [9.17, 15) is 10.1 Å². The molecule has 0 aromatic carbocycles. The molecule has 0 spiro atoms. The van der Waals surface area contributed by atoms with Crippen molar-refractivity contribution in [2.75, 3.05) is 24.2 Å². The van der Waals surface area contributed by atoms with E-state index in [4.69, 9.17) is 12.2 Å². The summed E-state index contributed by atoms with van der Waals surface area (Å²) in [4.78, 5) is 15.4. The number of anilines is 2. The van der Waals surface area contributed by atoms with E-state index in [2.05, 4.69) is 10.9 Å². The van der Waals surface area contributed by atoms with E-state index in [-0.39, 0.29) is 11.5 Å². The first-order valence-electron chi connectivity index (χ1n) is 4.11. The van der Waals surface area contributed by atoms with Crippen molar-refractivity contribution >= 4 is 17.3 Å². The van der Waals surface area contributed by atoms with Crippen molar-refractivity contribution < 1.29 is 4.92 Å². The lowest BCUT2D eigenvalue weighted by molar-refractivity contribution is -0.384. The highest BCUT2D eigenvalue weighted by atomic mass is 16.6. The number of pyridine rings is 1. The van der Waals surface area contributed by atoms with Crippen molar-refractivity contribution in [3.05, 3.63) is 22.2 Å². The van der Waals surface area contributed by atoms with Crippen LogP contribution in [0, 0.1) is 22.5 Å². The number of nitro groups is 1. The molecule has 1 rings (SSSR count). The molecule has 0 aliphatic heterocycles. The summed E-state index contributed by atoms with van der Waals surface area (Å²) in [5, 5.41) is 10.5. The maximum absolute atomic E-state index is 10.5. The number of aromatic nitrogens is 1. The van der Waals surface area contributed by atoms with Gasteiger partial charge in [0.25, 0.3) is 0 Å². The number of terminal acetylenes is 1. The average molecular weight is 206 g/mol. The van der Waals surface area contributed by atoms with Crippen LogP contribution >= 0.6 is 0 Å². The third-order valence-electron chi connectivity index (χ3n) is 1.80. The highest BCUT2D eigenvalue weighted by molar-refractivity contribution is 5.57. The van der Waals surface area contributed by atoms with E-state index in [1.807, 2.05) is 0 Å². The zero-order chi connectivity index (χ0) is 11.4. The molecule has 6 heteroatoms. The molecular formula is C9H10N4O2. The van der Waals surface area contributed by atoms with Gasteiger partial charge < -0.3 is 10.6 Å². The van der Waals surface area contributed by atoms with Crippen molar-refractivity contribution in [1.82, 2.24) is 4.98 Å². The zero-order valence-electron chi connectivity index (χ0n) is 8.17. The Labute approximate surface area is 86.9 Å². The molecule has 1 aromatic heterocycles. The van der Waals surface area contributed by atoms with E-state index in [0.29, 0.717) is 12.4 Å². The van der Waals surface area contributed by atoms with Crippen LogP contribution in [0.1, 0.15) is 0 Å². The van der Waals surface area contributed by atoms with E-state index < -0.39 is 4.92 Å². The zero-order valence-corrected chi connectivity index (χ0v) is 8.17. The number of hydrogen-bond donors (Lipinski definition) is 1. The minimum absolute atomic E-state index is 0.110. The number of nitrogens with two attached hydrogens (primary N) is 1. The van der Waals surface area contributed by atoms with Gasteiger partial charge in [-0.3, -0.25) is 10.1 Å². The van der Waals surface area contributed by atoms with E-state index in [0.717, 1.165) is 0 Å². The van der Waals surface area contributed by atoms with Crippen LogP contribution in [-0.4, -0.2) is 23.5 Å². The first-order chi connectivity index (χ1) is 7.06. The Morgan fingerprint density at radius 2 is 2.40 bits per heavy atom. The number of nitrogens with zero attached hydrogens (tertiary/aromatic N) is 3. The Morgan fingerprint density at radius 3 is 2.87 bits per heavy atom. The molecule has 0 bridgehead atoms. The molecule has 6 nitrogen and oxygen atoms in total. The molecule has 1 aromatic rings. The maximum atomic E-state index is 10.5. The van der Waals surface area contributed by atoms with Crippen LogP contribution in [-0.2, 0) is 0 Å². The summed E-state index contributed by atoms with van der Waals surface area (Å²) in [5.74, 6) is 2.83. The van der Waals surface area contributed by atoms with Crippen LogP contribution in [0.2, 0.25) is 0 Å². The highest BCUT2D eigenvalue weighted by Gasteiger charge is 2.13. The molecule has 0 saturated carbocycles. The Morgan fingerprint density at radius 1 is 1.73 bits per heavy atom. The van der Waals surface area contributed by atoms with Crippen LogP contribution in [0.25, 0.3) is 0 Å². The predicted molar refractivity (Wildman–Crippen MR) is 57.4 cm³/mol. The SMILES string of the molecule is C#CCN(C)c1ccc([N+](=O)[O-])c(N)n1. The summed E-state index contributed by atoms with van der Waals surface area (Å²) in [6.07, 6.45) is 5.12. The second-order valence-electron chi connectivity index (χ2n) is 2.89. The summed E-state index contributed by atoms with van der Waals surface area (Å²) in [6, 6.07) is 2.82. The van der Waals surface area contributed by atoms with Crippen molar-refractivity contribution in [2.45, 2.75) is 0 Å². The lowest BCUT2D eigenvalue weighted by Gasteiger charge is -2.14. The van der Waals surface area contributed by atoms with Gasteiger partial charge in [-0.15, -0.1) is 6.42 Å². The Balaban J connectivity index is 3.02. The molecule has 0 aliphatic rings. The minimum Gasteiger partial charge on any atom is -0.378 e. The standard InChI is InChI=1S/C9H10N4O2/c1-3-6-12(2)8-5-4-7(13(14)15)9(10)11-8/h1,4-5H,6H2,2H3,(H2,10,11). The molecule has 0 amide bonds. The lowest BCUT2D eigenvalue weighted by atomic mass is 10.3. The van der Waals surface area contributed by atoms with Crippen LogP contribution in [0.15, 0.2) is 12.1 Å². The quantitative estimate of drug-likeness (QED) is 0.445. The van der Waals surface area contributed by atoms with Gasteiger partial charge in [-0.1, -0.05) is 5.92 Å². The largest absolute Gasteiger partial charge is 0.378 e. The van der Waals surface area contributed by atoms with Crippen LogP contribution in [0.3, 0.4) is 0 Å². The molecule has 1 heterocycles. The average Bonchev–Trinajstić information content (AvgIpc) is 2.17. The molecule has 2 N–H and O–H groups in total. The molecule has 0 aliphatic carbocycles. The smallest absolute Gasteiger partial charge is 0.311 e. The van der Waals surface area contributed by atoms with Gasteiger partial charge in [0.2, 0.25) is 5.82 Å². The normalized spacial score (nSPS) is 9.33. The van der Waals surface area contributed by atoms with Crippen molar-refractivity contribution in [3.63, 3.8) is 0 Å². The molecule has 0 unspecified atom stereocenters. The van der Waals surface area contributed by atoms with Gasteiger partial charge in [0, 0.05) is 13.1 Å². The first-order valence-corrected chi connectivity index (χ1v) is 4.11. The van der Waals surface area contributed by atoms with Crippen LogP contribution in [0.4, 0.5) is 17.3 Å². The topological polar surface area (TPSA) is 85.3 Å². The Bertz CT molecular complexity index is 425. The predicted octanol–water partition coefficient (Wildman–Crippen LogP) is 0.641. The van der Waals surface area contributed by atoms with Gasteiger partial charge >= 0.3 is 5.69 Å². The maximum Gasteiger partial charge on any atom is 0.311 e. The van der Waals surface area contributed by atoms with E-state index in [1.54, 1.807) is 11.9 Å². The molecule has 15 heavy (non-hydrogen) atoms. The third kappa shape index (κ3) is 2.34. The summed E-state index contributed by atoms with van der Waals surface area (Å²) in [6.45, 7) is 0.365. The molecule has 0 atom stereocenters. The van der Waals surface area contributed by atoms with Gasteiger partial charge in [0.05, 0.1) is 11.5 Å². The molecule has 0 radical (unpaired) electrons. The summed E-state index contributed by atoms with van der Waals surface area (Å²) in [7, 11) is 1.73. The van der Waals surface area contributed by atoms with E-state index in [1.165, 1.54) is 12.1 Å². The first kappa shape index (κ1) is 10.8. The summed E-state index contributed by atoms with van der Waals surface area (Å²) in [5.41, 5.74) is 5.22. The molecule has 0 fully saturated rings. The lowest BCUT2D eigenvalue weighted by Crippen LogP contribution is -2.18.